The first kappa shape index (κ1) is 19.3. The van der Waals surface area contributed by atoms with Gasteiger partial charge in [-0.3, -0.25) is 9.59 Å². The summed E-state index contributed by atoms with van der Waals surface area (Å²) in [6.45, 7) is 5.76. The molecule has 2 aromatic rings. The van der Waals surface area contributed by atoms with E-state index in [9.17, 15) is 9.59 Å². The minimum absolute atomic E-state index is 0.136. The van der Waals surface area contributed by atoms with Crippen molar-refractivity contribution in [1.29, 1.82) is 0 Å². The Morgan fingerprint density at radius 1 is 1.25 bits per heavy atom. The van der Waals surface area contributed by atoms with E-state index in [1.165, 1.54) is 14.2 Å². The first-order valence-electron chi connectivity index (χ1n) is 8.75. The molecule has 2 aromatic carbocycles. The summed E-state index contributed by atoms with van der Waals surface area (Å²) in [5.41, 5.74) is 1.45. The van der Waals surface area contributed by atoms with Crippen LogP contribution in [0.5, 0.6) is 17.2 Å². The molecule has 28 heavy (non-hydrogen) atoms. The van der Waals surface area contributed by atoms with Crippen molar-refractivity contribution in [3.05, 3.63) is 54.6 Å². The van der Waals surface area contributed by atoms with Gasteiger partial charge in [0, 0.05) is 18.3 Å². The largest absolute Gasteiger partial charge is 0.496 e. The van der Waals surface area contributed by atoms with Crippen molar-refractivity contribution < 1.29 is 23.8 Å². The number of anilines is 2. The summed E-state index contributed by atoms with van der Waals surface area (Å²) in [5, 5.41) is 2.83. The van der Waals surface area contributed by atoms with Gasteiger partial charge < -0.3 is 24.4 Å². The lowest BCUT2D eigenvalue weighted by molar-refractivity contribution is -0.125. The van der Waals surface area contributed by atoms with Gasteiger partial charge in [0.1, 0.15) is 22.8 Å². The van der Waals surface area contributed by atoms with Gasteiger partial charge in [0.15, 0.2) is 6.10 Å². The SMILES string of the molecule is C=CCN1C(=O)C(C)Oc2cc(NC(=O)c3c(OC)cccc3OC)ccc21. The van der Waals surface area contributed by atoms with E-state index < -0.39 is 6.10 Å². The third-order valence-electron chi connectivity index (χ3n) is 4.39. The van der Waals surface area contributed by atoms with Gasteiger partial charge in [-0.25, -0.2) is 0 Å². The molecule has 0 fully saturated rings. The molecule has 1 heterocycles. The third-order valence-corrected chi connectivity index (χ3v) is 4.39. The van der Waals surface area contributed by atoms with Crippen LogP contribution in [0.1, 0.15) is 17.3 Å². The van der Waals surface area contributed by atoms with E-state index in [1.54, 1.807) is 54.3 Å². The first-order valence-corrected chi connectivity index (χ1v) is 8.75. The molecule has 0 radical (unpaired) electrons. The average Bonchev–Trinajstić information content (AvgIpc) is 2.70. The molecular weight excluding hydrogens is 360 g/mol. The molecule has 1 N–H and O–H groups in total. The molecule has 0 bridgehead atoms. The van der Waals surface area contributed by atoms with E-state index in [1.807, 2.05) is 0 Å². The van der Waals surface area contributed by atoms with Crippen LogP contribution in [0.25, 0.3) is 0 Å². The van der Waals surface area contributed by atoms with Crippen LogP contribution < -0.4 is 24.4 Å². The zero-order valence-corrected chi connectivity index (χ0v) is 16.0. The number of nitrogens with zero attached hydrogens (tertiary/aromatic N) is 1. The van der Waals surface area contributed by atoms with E-state index in [0.717, 1.165) is 0 Å². The van der Waals surface area contributed by atoms with Crippen LogP contribution in [-0.2, 0) is 4.79 Å². The first-order chi connectivity index (χ1) is 13.5. The fourth-order valence-electron chi connectivity index (χ4n) is 3.07. The lowest BCUT2D eigenvalue weighted by Crippen LogP contribution is -2.44. The standard InChI is InChI=1S/C21H22N2O5/c1-5-11-23-15-10-9-14(12-18(15)28-13(2)21(23)25)22-20(24)19-16(26-3)7-6-8-17(19)27-4/h5-10,12-13H,1,11H2,2-4H3,(H,22,24). The Labute approximate surface area is 163 Å². The van der Waals surface area contributed by atoms with Crippen molar-refractivity contribution >= 4 is 23.2 Å². The molecular formula is C21H22N2O5. The quantitative estimate of drug-likeness (QED) is 0.776. The van der Waals surface area contributed by atoms with Crippen LogP contribution in [0, 0.1) is 0 Å². The molecule has 1 unspecified atom stereocenters. The number of benzene rings is 2. The molecule has 1 aliphatic heterocycles. The van der Waals surface area contributed by atoms with Crippen molar-refractivity contribution in [3.8, 4) is 17.2 Å². The van der Waals surface area contributed by atoms with Crippen LogP contribution in [0.15, 0.2) is 49.1 Å². The molecule has 0 aliphatic carbocycles. The molecule has 146 valence electrons. The lowest BCUT2D eigenvalue weighted by Gasteiger charge is -2.32. The minimum atomic E-state index is -0.618. The normalized spacial score (nSPS) is 15.3. The number of fused-ring (bicyclic) bond motifs is 1. The van der Waals surface area contributed by atoms with E-state index >= 15 is 0 Å². The van der Waals surface area contributed by atoms with Gasteiger partial charge in [0.2, 0.25) is 0 Å². The number of rotatable bonds is 6. The Hall–Kier alpha value is -3.48. The van der Waals surface area contributed by atoms with Gasteiger partial charge >= 0.3 is 0 Å². The van der Waals surface area contributed by atoms with E-state index in [2.05, 4.69) is 11.9 Å². The van der Waals surface area contributed by atoms with E-state index in [-0.39, 0.29) is 11.8 Å². The highest BCUT2D eigenvalue weighted by Crippen LogP contribution is 2.37. The third kappa shape index (κ3) is 3.51. The van der Waals surface area contributed by atoms with Gasteiger partial charge in [-0.05, 0) is 31.2 Å². The van der Waals surface area contributed by atoms with Crippen LogP contribution in [0.3, 0.4) is 0 Å². The fraction of sp³-hybridized carbons (Fsp3) is 0.238. The maximum absolute atomic E-state index is 12.8. The summed E-state index contributed by atoms with van der Waals surface area (Å²) in [5.74, 6) is 0.809. The highest BCUT2D eigenvalue weighted by Gasteiger charge is 2.31. The highest BCUT2D eigenvalue weighted by molar-refractivity contribution is 6.08. The maximum atomic E-state index is 12.8. The van der Waals surface area contributed by atoms with Gasteiger partial charge in [-0.1, -0.05) is 12.1 Å². The second kappa shape index (κ2) is 8.04. The molecule has 0 saturated heterocycles. The number of ether oxygens (including phenoxy) is 3. The highest BCUT2D eigenvalue weighted by atomic mass is 16.5. The van der Waals surface area contributed by atoms with Crippen LogP contribution in [-0.4, -0.2) is 38.7 Å². The predicted molar refractivity (Wildman–Crippen MR) is 107 cm³/mol. The Kier molecular flexibility index (Phi) is 5.54. The predicted octanol–water partition coefficient (Wildman–Crippen LogP) is 3.26. The van der Waals surface area contributed by atoms with Gasteiger partial charge in [-0.2, -0.15) is 0 Å². The molecule has 1 atom stereocenters. The van der Waals surface area contributed by atoms with Crippen LogP contribution in [0.4, 0.5) is 11.4 Å². The molecule has 0 spiro atoms. The topological polar surface area (TPSA) is 77.1 Å². The smallest absolute Gasteiger partial charge is 0.268 e. The van der Waals surface area contributed by atoms with Crippen LogP contribution in [0.2, 0.25) is 0 Å². The fourth-order valence-corrected chi connectivity index (χ4v) is 3.07. The van der Waals surface area contributed by atoms with Crippen molar-refractivity contribution in [2.24, 2.45) is 0 Å². The number of methoxy groups -OCH3 is 2. The van der Waals surface area contributed by atoms with Crippen LogP contribution >= 0.6 is 0 Å². The van der Waals surface area contributed by atoms with E-state index in [4.69, 9.17) is 14.2 Å². The Balaban J connectivity index is 1.91. The summed E-state index contributed by atoms with van der Waals surface area (Å²) in [7, 11) is 2.98. The van der Waals surface area contributed by atoms with Crippen molar-refractivity contribution in [2.75, 3.05) is 31.0 Å². The van der Waals surface area contributed by atoms with Gasteiger partial charge in [-0.15, -0.1) is 6.58 Å². The number of amides is 2. The lowest BCUT2D eigenvalue weighted by atomic mass is 10.1. The number of carbonyl (C=O) groups is 2. The molecule has 3 rings (SSSR count). The molecule has 0 aromatic heterocycles. The van der Waals surface area contributed by atoms with Gasteiger partial charge in [0.05, 0.1) is 19.9 Å². The second-order valence-electron chi connectivity index (χ2n) is 6.17. The molecule has 2 amide bonds. The Bertz CT molecular complexity index is 903. The number of hydrogen-bond acceptors (Lipinski definition) is 5. The molecule has 1 aliphatic rings. The summed E-state index contributed by atoms with van der Waals surface area (Å²) < 4.78 is 16.3. The zero-order chi connectivity index (χ0) is 20.3. The summed E-state index contributed by atoms with van der Waals surface area (Å²) in [6, 6.07) is 10.3. The van der Waals surface area contributed by atoms with Crippen molar-refractivity contribution in [2.45, 2.75) is 13.0 Å². The molecule has 7 nitrogen and oxygen atoms in total. The molecule has 0 saturated carbocycles. The number of nitrogens with one attached hydrogen (secondary N) is 1. The summed E-state index contributed by atoms with van der Waals surface area (Å²) in [4.78, 5) is 26.8. The Morgan fingerprint density at radius 3 is 2.54 bits per heavy atom. The zero-order valence-electron chi connectivity index (χ0n) is 16.0. The van der Waals surface area contributed by atoms with Gasteiger partial charge in [0.25, 0.3) is 11.8 Å². The van der Waals surface area contributed by atoms with E-state index in [0.29, 0.717) is 40.7 Å². The maximum Gasteiger partial charge on any atom is 0.268 e. The minimum Gasteiger partial charge on any atom is -0.496 e. The number of hydrogen-bond donors (Lipinski definition) is 1. The summed E-state index contributed by atoms with van der Waals surface area (Å²) in [6.07, 6.45) is 1.04. The molecule has 7 heteroatoms. The second-order valence-corrected chi connectivity index (χ2v) is 6.17. The Morgan fingerprint density at radius 2 is 1.93 bits per heavy atom. The van der Waals surface area contributed by atoms with Crippen molar-refractivity contribution in [3.63, 3.8) is 0 Å². The van der Waals surface area contributed by atoms with Crippen molar-refractivity contribution in [1.82, 2.24) is 0 Å². The average molecular weight is 382 g/mol. The number of carbonyl (C=O) groups excluding carboxylic acids is 2. The monoisotopic (exact) mass is 382 g/mol. The summed E-state index contributed by atoms with van der Waals surface area (Å²) >= 11 is 0.